The highest BCUT2D eigenvalue weighted by atomic mass is 35.5. The first kappa shape index (κ1) is 12.5. The lowest BCUT2D eigenvalue weighted by Crippen LogP contribution is -2.41. The molecule has 0 spiro atoms. The van der Waals surface area contributed by atoms with Crippen LogP contribution in [0.4, 0.5) is 0 Å². The maximum atomic E-state index is 11.1. The Hall–Kier alpha value is -1.55. The largest absolute Gasteiger partial charge is 0.480 e. The van der Waals surface area contributed by atoms with Crippen molar-refractivity contribution in [1.82, 2.24) is 0 Å². The molecule has 0 aliphatic heterocycles. The van der Waals surface area contributed by atoms with E-state index in [0.717, 1.165) is 6.92 Å². The van der Waals surface area contributed by atoms with Crippen molar-refractivity contribution >= 4 is 23.5 Å². The molecule has 1 aromatic rings. The zero-order valence-electron chi connectivity index (χ0n) is 8.82. The van der Waals surface area contributed by atoms with Gasteiger partial charge in [0.25, 0.3) is 0 Å². The molecule has 0 aliphatic carbocycles. The lowest BCUT2D eigenvalue weighted by atomic mass is 9.82. The van der Waals surface area contributed by atoms with Gasteiger partial charge in [0, 0.05) is 5.02 Å². The monoisotopic (exact) mass is 242 g/mol. The average molecular weight is 243 g/mol. The van der Waals surface area contributed by atoms with Crippen molar-refractivity contribution in [3.63, 3.8) is 0 Å². The molecule has 1 aromatic carbocycles. The van der Waals surface area contributed by atoms with Crippen LogP contribution in [-0.4, -0.2) is 22.2 Å². The summed E-state index contributed by atoms with van der Waals surface area (Å²) in [6.07, 6.45) is 0. The molecular weight excluding hydrogens is 232 g/mol. The van der Waals surface area contributed by atoms with Gasteiger partial charge in [-0.25, -0.2) is 0 Å². The number of aliphatic carboxylic acids is 2. The van der Waals surface area contributed by atoms with Gasteiger partial charge in [0.2, 0.25) is 0 Å². The van der Waals surface area contributed by atoms with Gasteiger partial charge in [0.15, 0.2) is 5.41 Å². The Labute approximate surface area is 97.5 Å². The zero-order valence-corrected chi connectivity index (χ0v) is 9.58. The van der Waals surface area contributed by atoms with Gasteiger partial charge in [-0.15, -0.1) is 0 Å². The van der Waals surface area contributed by atoms with Crippen LogP contribution in [0.1, 0.15) is 18.1 Å². The third kappa shape index (κ3) is 1.76. The van der Waals surface area contributed by atoms with Gasteiger partial charge >= 0.3 is 11.9 Å². The van der Waals surface area contributed by atoms with Crippen LogP contribution in [0.5, 0.6) is 0 Å². The van der Waals surface area contributed by atoms with Crippen molar-refractivity contribution in [2.75, 3.05) is 0 Å². The molecule has 16 heavy (non-hydrogen) atoms. The molecule has 0 bridgehead atoms. The summed E-state index contributed by atoms with van der Waals surface area (Å²) in [6, 6.07) is 4.69. The summed E-state index contributed by atoms with van der Waals surface area (Å²) < 4.78 is 0. The Balaban J connectivity index is 3.51. The molecule has 0 saturated heterocycles. The molecule has 0 aromatic heterocycles. The van der Waals surface area contributed by atoms with Crippen LogP contribution in [0.25, 0.3) is 0 Å². The molecular formula is C11H11ClO4. The number of hydrogen-bond acceptors (Lipinski definition) is 2. The van der Waals surface area contributed by atoms with E-state index in [0.29, 0.717) is 5.56 Å². The highest BCUT2D eigenvalue weighted by Crippen LogP contribution is 2.32. The van der Waals surface area contributed by atoms with E-state index >= 15 is 0 Å². The van der Waals surface area contributed by atoms with Crippen LogP contribution < -0.4 is 0 Å². The minimum Gasteiger partial charge on any atom is -0.480 e. The molecule has 86 valence electrons. The van der Waals surface area contributed by atoms with Crippen molar-refractivity contribution in [3.05, 3.63) is 34.3 Å². The Bertz CT molecular complexity index is 439. The lowest BCUT2D eigenvalue weighted by Gasteiger charge is -2.22. The number of carboxylic acids is 2. The second-order valence-electron chi connectivity index (χ2n) is 3.67. The maximum Gasteiger partial charge on any atom is 0.325 e. The van der Waals surface area contributed by atoms with Gasteiger partial charge < -0.3 is 10.2 Å². The van der Waals surface area contributed by atoms with E-state index in [-0.39, 0.29) is 10.6 Å². The molecule has 0 aliphatic rings. The van der Waals surface area contributed by atoms with E-state index in [1.54, 1.807) is 19.1 Å². The molecule has 4 nitrogen and oxygen atoms in total. The van der Waals surface area contributed by atoms with Crippen LogP contribution in [-0.2, 0) is 15.0 Å². The first-order chi connectivity index (χ1) is 7.31. The number of hydrogen-bond donors (Lipinski definition) is 2. The van der Waals surface area contributed by atoms with Gasteiger partial charge in [-0.05, 0) is 25.0 Å². The Morgan fingerprint density at radius 3 is 2.19 bits per heavy atom. The summed E-state index contributed by atoms with van der Waals surface area (Å²) >= 11 is 5.94. The van der Waals surface area contributed by atoms with Gasteiger partial charge in [-0.3, -0.25) is 9.59 Å². The number of carboxylic acid groups (broad SMARTS) is 2. The zero-order chi connectivity index (χ0) is 12.5. The smallest absolute Gasteiger partial charge is 0.325 e. The van der Waals surface area contributed by atoms with E-state index in [1.165, 1.54) is 6.07 Å². The standard InChI is InChI=1S/C11H11ClO4/c1-6-4-3-5-7(8(6)12)11(2,9(13)14)10(15)16/h3-5H,1-2H3,(H,13,14)(H,15,16). The van der Waals surface area contributed by atoms with Crippen molar-refractivity contribution in [3.8, 4) is 0 Å². The molecule has 0 fully saturated rings. The molecule has 2 N–H and O–H groups in total. The summed E-state index contributed by atoms with van der Waals surface area (Å²) in [5, 5.41) is 18.2. The summed E-state index contributed by atoms with van der Waals surface area (Å²) in [7, 11) is 0. The third-order valence-electron chi connectivity index (χ3n) is 2.59. The third-order valence-corrected chi connectivity index (χ3v) is 3.09. The van der Waals surface area contributed by atoms with Gasteiger partial charge in [-0.1, -0.05) is 29.8 Å². The van der Waals surface area contributed by atoms with E-state index in [1.807, 2.05) is 0 Å². The minimum atomic E-state index is -2.02. The van der Waals surface area contributed by atoms with Gasteiger partial charge in [-0.2, -0.15) is 0 Å². The van der Waals surface area contributed by atoms with Crippen LogP contribution in [0.15, 0.2) is 18.2 Å². The number of benzene rings is 1. The van der Waals surface area contributed by atoms with Crippen LogP contribution >= 0.6 is 11.6 Å². The normalized spacial score (nSPS) is 11.2. The van der Waals surface area contributed by atoms with Crippen LogP contribution in [0.3, 0.4) is 0 Å². The quantitative estimate of drug-likeness (QED) is 0.796. The molecule has 0 heterocycles. The number of carbonyl (C=O) groups is 2. The fourth-order valence-electron chi connectivity index (χ4n) is 1.36. The Morgan fingerprint density at radius 2 is 1.75 bits per heavy atom. The van der Waals surface area contributed by atoms with Crippen LogP contribution in [0.2, 0.25) is 5.02 Å². The highest BCUT2D eigenvalue weighted by molar-refractivity contribution is 6.33. The predicted octanol–water partition coefficient (Wildman–Crippen LogP) is 2.08. The van der Waals surface area contributed by atoms with Crippen molar-refractivity contribution < 1.29 is 19.8 Å². The minimum absolute atomic E-state index is 0.0918. The van der Waals surface area contributed by atoms with Crippen LogP contribution in [0, 0.1) is 6.92 Å². The summed E-state index contributed by atoms with van der Waals surface area (Å²) in [5.41, 5.74) is -1.29. The molecule has 1 rings (SSSR count). The van der Waals surface area contributed by atoms with E-state index in [4.69, 9.17) is 21.8 Å². The number of aryl methyl sites for hydroxylation is 1. The summed E-state index contributed by atoms with van der Waals surface area (Å²) in [4.78, 5) is 22.2. The van der Waals surface area contributed by atoms with Crippen molar-refractivity contribution in [2.45, 2.75) is 19.3 Å². The number of halogens is 1. The fourth-order valence-corrected chi connectivity index (χ4v) is 1.67. The van der Waals surface area contributed by atoms with E-state index in [2.05, 4.69) is 0 Å². The van der Waals surface area contributed by atoms with E-state index < -0.39 is 17.4 Å². The van der Waals surface area contributed by atoms with Gasteiger partial charge in [0.05, 0.1) is 0 Å². The second-order valence-corrected chi connectivity index (χ2v) is 4.05. The average Bonchev–Trinajstić information content (AvgIpc) is 2.20. The van der Waals surface area contributed by atoms with Crippen molar-refractivity contribution in [2.24, 2.45) is 0 Å². The molecule has 0 radical (unpaired) electrons. The predicted molar refractivity (Wildman–Crippen MR) is 58.8 cm³/mol. The Morgan fingerprint density at radius 1 is 1.25 bits per heavy atom. The first-order valence-corrected chi connectivity index (χ1v) is 4.92. The van der Waals surface area contributed by atoms with E-state index in [9.17, 15) is 9.59 Å². The van der Waals surface area contributed by atoms with Gasteiger partial charge in [0.1, 0.15) is 0 Å². The topological polar surface area (TPSA) is 74.6 Å². The fraction of sp³-hybridized carbons (Fsp3) is 0.273. The maximum absolute atomic E-state index is 11.1. The SMILES string of the molecule is Cc1cccc(C(C)(C(=O)O)C(=O)O)c1Cl. The number of rotatable bonds is 3. The van der Waals surface area contributed by atoms with Crippen molar-refractivity contribution in [1.29, 1.82) is 0 Å². The highest BCUT2D eigenvalue weighted by Gasteiger charge is 2.45. The molecule has 0 amide bonds. The second kappa shape index (κ2) is 4.14. The summed E-state index contributed by atoms with van der Waals surface area (Å²) in [6.45, 7) is 2.81. The Kier molecular flexibility index (Phi) is 3.24. The molecule has 0 saturated carbocycles. The first-order valence-electron chi connectivity index (χ1n) is 4.54. The molecule has 0 unspecified atom stereocenters. The summed E-state index contributed by atoms with van der Waals surface area (Å²) in [5.74, 6) is -2.88. The lowest BCUT2D eigenvalue weighted by molar-refractivity contribution is -0.156. The molecule has 0 atom stereocenters. The molecule has 5 heteroatoms.